The van der Waals surface area contributed by atoms with Crippen LogP contribution in [0.5, 0.6) is 0 Å². The van der Waals surface area contributed by atoms with E-state index < -0.39 is 35.8 Å². The highest BCUT2D eigenvalue weighted by molar-refractivity contribution is 5.76. The summed E-state index contributed by atoms with van der Waals surface area (Å²) in [6, 6.07) is -0.931. The molecule has 2 rings (SSSR count). The van der Waals surface area contributed by atoms with Crippen LogP contribution >= 0.6 is 0 Å². The summed E-state index contributed by atoms with van der Waals surface area (Å²) in [7, 11) is 1.29. The average Bonchev–Trinajstić information content (AvgIpc) is 2.86. The molecule has 20 heavy (non-hydrogen) atoms. The predicted molar refractivity (Wildman–Crippen MR) is 68.7 cm³/mol. The minimum absolute atomic E-state index is 0.340. The second-order valence-electron chi connectivity index (χ2n) is 5.98. The highest BCUT2D eigenvalue weighted by atomic mass is 16.8. The summed E-state index contributed by atoms with van der Waals surface area (Å²) in [5.41, 5.74) is 5.90. The van der Waals surface area contributed by atoms with Crippen LogP contribution in [0.3, 0.4) is 0 Å². The molecule has 0 aromatic heterocycles. The molecule has 0 aromatic carbocycles. The van der Waals surface area contributed by atoms with Crippen LogP contribution in [0.15, 0.2) is 0 Å². The number of nitrogens with two attached hydrogens (primary N) is 1. The van der Waals surface area contributed by atoms with Crippen LogP contribution < -0.4 is 5.73 Å². The summed E-state index contributed by atoms with van der Waals surface area (Å²) in [6.45, 7) is 7.55. The van der Waals surface area contributed by atoms with Gasteiger partial charge in [-0.3, -0.25) is 4.79 Å². The summed E-state index contributed by atoms with van der Waals surface area (Å²) in [5, 5.41) is 0. The lowest BCUT2D eigenvalue weighted by atomic mass is 10.0. The molecule has 0 amide bonds. The largest absolute Gasteiger partial charge is 0.468 e. The Labute approximate surface area is 118 Å². The van der Waals surface area contributed by atoms with E-state index in [1.807, 2.05) is 13.8 Å². The second-order valence-corrected chi connectivity index (χ2v) is 5.98. The molecule has 0 aromatic rings. The van der Waals surface area contributed by atoms with Crippen molar-refractivity contribution in [3.63, 3.8) is 0 Å². The Balaban J connectivity index is 2.14. The van der Waals surface area contributed by atoms with Crippen molar-refractivity contribution in [1.29, 1.82) is 0 Å². The third-order valence-electron chi connectivity index (χ3n) is 3.39. The van der Waals surface area contributed by atoms with Crippen LogP contribution in [0.1, 0.15) is 27.7 Å². The van der Waals surface area contributed by atoms with Crippen LogP contribution in [0.4, 0.5) is 0 Å². The van der Waals surface area contributed by atoms with Crippen molar-refractivity contribution in [3.05, 3.63) is 0 Å². The molecule has 7 nitrogen and oxygen atoms in total. The third kappa shape index (κ3) is 3.12. The van der Waals surface area contributed by atoms with E-state index in [0.717, 1.165) is 0 Å². The van der Waals surface area contributed by atoms with Gasteiger partial charge in [0.25, 0.3) is 0 Å². The first-order valence-corrected chi connectivity index (χ1v) is 6.66. The Morgan fingerprint density at radius 1 is 1.20 bits per heavy atom. The van der Waals surface area contributed by atoms with Gasteiger partial charge in [-0.25, -0.2) is 0 Å². The molecule has 0 aliphatic carbocycles. The molecule has 0 spiro atoms. The number of esters is 1. The summed E-state index contributed by atoms with van der Waals surface area (Å²) >= 11 is 0. The Kier molecular flexibility index (Phi) is 4.10. The third-order valence-corrected chi connectivity index (χ3v) is 3.39. The highest BCUT2D eigenvalue weighted by Gasteiger charge is 2.53. The van der Waals surface area contributed by atoms with Crippen LogP contribution in [-0.2, 0) is 28.5 Å². The van der Waals surface area contributed by atoms with Crippen molar-refractivity contribution >= 4 is 5.97 Å². The SMILES string of the molecule is COC(=O)[C@H](N)[C@H]1OC(C)(C)O[C@@H]1[C@H]1COC(C)(C)O1. The zero-order chi connectivity index (χ0) is 15.1. The number of ether oxygens (including phenoxy) is 5. The quantitative estimate of drug-likeness (QED) is 0.740. The minimum atomic E-state index is -0.931. The van der Waals surface area contributed by atoms with Gasteiger partial charge in [0, 0.05) is 0 Å². The zero-order valence-corrected chi connectivity index (χ0v) is 12.5. The minimum Gasteiger partial charge on any atom is -0.468 e. The van der Waals surface area contributed by atoms with Gasteiger partial charge in [0.15, 0.2) is 11.6 Å². The smallest absolute Gasteiger partial charge is 0.325 e. The molecule has 2 fully saturated rings. The maximum absolute atomic E-state index is 11.6. The second kappa shape index (κ2) is 5.23. The summed E-state index contributed by atoms with van der Waals surface area (Å²) < 4.78 is 27.6. The van der Waals surface area contributed by atoms with Crippen LogP contribution in [0, 0.1) is 0 Å². The first kappa shape index (κ1) is 15.7. The van der Waals surface area contributed by atoms with E-state index in [2.05, 4.69) is 4.74 Å². The Hall–Kier alpha value is -0.730. The monoisotopic (exact) mass is 289 g/mol. The van der Waals surface area contributed by atoms with Crippen LogP contribution in [0.2, 0.25) is 0 Å². The van der Waals surface area contributed by atoms with Gasteiger partial charge < -0.3 is 29.4 Å². The number of hydrogen-bond acceptors (Lipinski definition) is 7. The Morgan fingerprint density at radius 3 is 2.35 bits per heavy atom. The standard InChI is InChI=1S/C13H23NO6/c1-12(2)17-6-7(18-12)9-10(8(14)11(15)16-5)20-13(3,4)19-9/h7-10H,6,14H2,1-5H3/t7-,8-,9-,10-/m1/s1. The number of methoxy groups -OCH3 is 1. The first-order chi connectivity index (χ1) is 9.15. The molecule has 0 bridgehead atoms. The van der Waals surface area contributed by atoms with Gasteiger partial charge in [-0.15, -0.1) is 0 Å². The molecule has 0 radical (unpaired) electrons. The molecule has 7 heteroatoms. The molecule has 2 heterocycles. The fourth-order valence-electron chi connectivity index (χ4n) is 2.53. The molecule has 2 aliphatic heterocycles. The van der Waals surface area contributed by atoms with Crippen LogP contribution in [-0.4, -0.2) is 55.6 Å². The van der Waals surface area contributed by atoms with E-state index in [0.29, 0.717) is 6.61 Å². The number of rotatable bonds is 3. The molecule has 2 aliphatic rings. The van der Waals surface area contributed by atoms with Crippen molar-refractivity contribution in [2.45, 2.75) is 63.6 Å². The molecule has 0 unspecified atom stereocenters. The van der Waals surface area contributed by atoms with Gasteiger partial charge in [0.05, 0.1) is 13.7 Å². The van der Waals surface area contributed by atoms with Gasteiger partial charge in [0.1, 0.15) is 24.4 Å². The van der Waals surface area contributed by atoms with E-state index in [4.69, 9.17) is 24.7 Å². The molecule has 116 valence electrons. The zero-order valence-electron chi connectivity index (χ0n) is 12.5. The van der Waals surface area contributed by atoms with Crippen molar-refractivity contribution in [3.8, 4) is 0 Å². The number of carbonyl (C=O) groups is 1. The first-order valence-electron chi connectivity index (χ1n) is 6.66. The lowest BCUT2D eigenvalue weighted by Gasteiger charge is -2.25. The maximum Gasteiger partial charge on any atom is 0.325 e. The topological polar surface area (TPSA) is 89.2 Å². The Morgan fingerprint density at radius 2 is 1.85 bits per heavy atom. The highest BCUT2D eigenvalue weighted by Crippen LogP contribution is 2.36. The molecule has 4 atom stereocenters. The van der Waals surface area contributed by atoms with E-state index in [9.17, 15) is 4.79 Å². The molecular weight excluding hydrogens is 266 g/mol. The van der Waals surface area contributed by atoms with E-state index >= 15 is 0 Å². The summed E-state index contributed by atoms with van der Waals surface area (Å²) in [5.74, 6) is -2.06. The van der Waals surface area contributed by atoms with Gasteiger partial charge in [-0.2, -0.15) is 0 Å². The lowest BCUT2D eigenvalue weighted by molar-refractivity contribution is -0.175. The fourth-order valence-corrected chi connectivity index (χ4v) is 2.53. The van der Waals surface area contributed by atoms with E-state index in [-0.39, 0.29) is 6.10 Å². The van der Waals surface area contributed by atoms with Gasteiger partial charge in [-0.05, 0) is 27.7 Å². The van der Waals surface area contributed by atoms with Crippen molar-refractivity contribution < 1.29 is 28.5 Å². The van der Waals surface area contributed by atoms with Crippen LogP contribution in [0.25, 0.3) is 0 Å². The molecule has 0 saturated carbocycles. The van der Waals surface area contributed by atoms with E-state index in [1.165, 1.54) is 7.11 Å². The van der Waals surface area contributed by atoms with E-state index in [1.54, 1.807) is 13.8 Å². The van der Waals surface area contributed by atoms with Gasteiger partial charge in [-0.1, -0.05) is 0 Å². The molecular formula is C13H23NO6. The Bertz CT molecular complexity index is 383. The summed E-state index contributed by atoms with van der Waals surface area (Å²) in [4.78, 5) is 11.6. The lowest BCUT2D eigenvalue weighted by Crippen LogP contribution is -2.51. The number of carbonyl (C=O) groups excluding carboxylic acids is 1. The number of hydrogen-bond donors (Lipinski definition) is 1. The fraction of sp³-hybridized carbons (Fsp3) is 0.923. The molecule has 2 N–H and O–H groups in total. The van der Waals surface area contributed by atoms with Gasteiger partial charge >= 0.3 is 5.97 Å². The van der Waals surface area contributed by atoms with Crippen molar-refractivity contribution in [1.82, 2.24) is 0 Å². The summed E-state index contributed by atoms with van der Waals surface area (Å²) in [6.07, 6.45) is -1.46. The predicted octanol–water partition coefficient (Wildman–Crippen LogP) is 0.158. The molecule has 2 saturated heterocycles. The maximum atomic E-state index is 11.6. The van der Waals surface area contributed by atoms with Crippen molar-refractivity contribution in [2.24, 2.45) is 5.73 Å². The normalized spacial score (nSPS) is 36.8. The van der Waals surface area contributed by atoms with Gasteiger partial charge in [0.2, 0.25) is 0 Å². The average molecular weight is 289 g/mol. The van der Waals surface area contributed by atoms with Crippen molar-refractivity contribution in [2.75, 3.05) is 13.7 Å².